The molecule has 2 amide bonds. The van der Waals surface area contributed by atoms with Crippen molar-refractivity contribution in [3.63, 3.8) is 0 Å². The number of imidazole rings is 1. The van der Waals surface area contributed by atoms with Gasteiger partial charge in [-0.25, -0.2) is 9.78 Å². The summed E-state index contributed by atoms with van der Waals surface area (Å²) in [6.45, 7) is 2.44. The van der Waals surface area contributed by atoms with E-state index < -0.39 is 48.1 Å². The molecule has 0 saturated heterocycles. The molecule has 25 heavy (non-hydrogen) atoms. The molecule has 5 atom stereocenters. The number of amides is 2. The summed E-state index contributed by atoms with van der Waals surface area (Å²) in [7, 11) is 0. The monoisotopic (exact) mass is 357 g/mol. The molecule has 1 heterocycles. The number of aliphatic hydroxyl groups is 2. The Hall–Kier alpha value is -2.50. The number of nitrogens with zero attached hydrogens (tertiary/aromatic N) is 1. The van der Waals surface area contributed by atoms with Gasteiger partial charge in [0.2, 0.25) is 11.8 Å². The van der Waals surface area contributed by atoms with Gasteiger partial charge < -0.3 is 36.7 Å². The van der Waals surface area contributed by atoms with E-state index in [1.54, 1.807) is 0 Å². The summed E-state index contributed by atoms with van der Waals surface area (Å²) >= 11 is 0. The van der Waals surface area contributed by atoms with Crippen molar-refractivity contribution in [3.8, 4) is 0 Å². The second kappa shape index (κ2) is 9.11. The zero-order valence-electron chi connectivity index (χ0n) is 13.8. The number of carbonyl (C=O) groups excluding carboxylic acids is 2. The molecule has 0 aliphatic rings. The number of aliphatic carboxylic acids is 1. The molecule has 1 rings (SSSR count). The van der Waals surface area contributed by atoms with Gasteiger partial charge in [-0.2, -0.15) is 0 Å². The van der Waals surface area contributed by atoms with Crippen LogP contribution in [0.5, 0.6) is 0 Å². The van der Waals surface area contributed by atoms with E-state index in [-0.39, 0.29) is 6.42 Å². The Bertz CT molecular complexity index is 589. The number of hydrogen-bond donors (Lipinski definition) is 7. The number of H-pyrrole nitrogens is 1. The minimum Gasteiger partial charge on any atom is -0.480 e. The number of aromatic amines is 1. The van der Waals surface area contributed by atoms with Crippen LogP contribution in [0.2, 0.25) is 0 Å². The smallest absolute Gasteiger partial charge is 0.328 e. The quantitative estimate of drug-likeness (QED) is 0.245. The maximum Gasteiger partial charge on any atom is 0.328 e. The van der Waals surface area contributed by atoms with Crippen LogP contribution in [0, 0.1) is 0 Å². The third kappa shape index (κ3) is 6.14. The first-order valence-corrected chi connectivity index (χ1v) is 7.56. The summed E-state index contributed by atoms with van der Waals surface area (Å²) in [6.07, 6.45) is 0.368. The molecule has 140 valence electrons. The average Bonchev–Trinajstić information content (AvgIpc) is 3.01. The second-order valence-electron chi connectivity index (χ2n) is 5.68. The third-order valence-electron chi connectivity index (χ3n) is 3.44. The molecule has 0 aromatic carbocycles. The summed E-state index contributed by atoms with van der Waals surface area (Å²) in [5.74, 6) is -3.11. The number of carboxylic acids is 1. The van der Waals surface area contributed by atoms with Crippen molar-refractivity contribution in [2.24, 2.45) is 5.73 Å². The summed E-state index contributed by atoms with van der Waals surface area (Å²) in [5, 5.41) is 32.4. The van der Waals surface area contributed by atoms with Gasteiger partial charge in [-0.15, -0.1) is 0 Å². The molecule has 0 spiro atoms. The van der Waals surface area contributed by atoms with Crippen molar-refractivity contribution >= 4 is 17.8 Å². The fourth-order valence-corrected chi connectivity index (χ4v) is 2.02. The van der Waals surface area contributed by atoms with Gasteiger partial charge in [0.25, 0.3) is 0 Å². The molecule has 11 heteroatoms. The minimum absolute atomic E-state index is 0.130. The number of nitrogens with one attached hydrogen (secondary N) is 3. The lowest BCUT2D eigenvalue weighted by Gasteiger charge is -2.25. The highest BCUT2D eigenvalue weighted by molar-refractivity contribution is 5.92. The molecule has 1 aromatic rings. The van der Waals surface area contributed by atoms with Crippen LogP contribution in [0.15, 0.2) is 12.5 Å². The van der Waals surface area contributed by atoms with Crippen LogP contribution in [-0.2, 0) is 20.8 Å². The van der Waals surface area contributed by atoms with E-state index in [4.69, 9.17) is 10.8 Å². The number of carbonyl (C=O) groups is 3. The predicted molar refractivity (Wildman–Crippen MR) is 85.1 cm³/mol. The first-order chi connectivity index (χ1) is 11.6. The SMILES string of the molecule is C[C@@H](O)[C@H](NC(=O)[C@@H](NC(=O)[C@@H](N)Cc1cnc[nH]1)[C@@H](C)O)C(=O)O. The number of aliphatic hydroxyl groups excluding tert-OH is 2. The third-order valence-corrected chi connectivity index (χ3v) is 3.44. The van der Waals surface area contributed by atoms with Crippen LogP contribution in [0.3, 0.4) is 0 Å². The zero-order valence-corrected chi connectivity index (χ0v) is 13.8. The highest BCUT2D eigenvalue weighted by atomic mass is 16.4. The number of rotatable bonds is 9. The van der Waals surface area contributed by atoms with Gasteiger partial charge in [-0.3, -0.25) is 9.59 Å². The molecule has 11 nitrogen and oxygen atoms in total. The molecular weight excluding hydrogens is 334 g/mol. The number of nitrogens with two attached hydrogens (primary N) is 1. The van der Waals surface area contributed by atoms with Crippen molar-refractivity contribution < 1.29 is 29.7 Å². The van der Waals surface area contributed by atoms with Gasteiger partial charge in [-0.1, -0.05) is 0 Å². The maximum atomic E-state index is 12.2. The summed E-state index contributed by atoms with van der Waals surface area (Å²) in [4.78, 5) is 41.9. The highest BCUT2D eigenvalue weighted by Gasteiger charge is 2.32. The normalized spacial score (nSPS) is 17.0. The lowest BCUT2D eigenvalue weighted by Crippen LogP contribution is -2.59. The topological polar surface area (TPSA) is 191 Å². The van der Waals surface area contributed by atoms with E-state index >= 15 is 0 Å². The molecule has 0 unspecified atom stereocenters. The summed E-state index contributed by atoms with van der Waals surface area (Å²) in [6, 6.07) is -4.02. The fraction of sp³-hybridized carbons (Fsp3) is 0.571. The van der Waals surface area contributed by atoms with Crippen molar-refractivity contribution in [2.75, 3.05) is 0 Å². The van der Waals surface area contributed by atoms with Crippen LogP contribution in [0.4, 0.5) is 0 Å². The molecule has 0 radical (unpaired) electrons. The standard InChI is InChI=1S/C14H23N5O6/c1-6(20)10(13(23)19-11(7(2)21)14(24)25)18-12(22)9(15)3-8-4-16-5-17-8/h4-7,9-11,20-21H,3,15H2,1-2H3,(H,16,17)(H,18,22)(H,19,23)(H,24,25)/t6-,7-,9+,10+,11+/m1/s1. The van der Waals surface area contributed by atoms with Crippen molar-refractivity contribution in [1.82, 2.24) is 20.6 Å². The van der Waals surface area contributed by atoms with Crippen LogP contribution >= 0.6 is 0 Å². The van der Waals surface area contributed by atoms with Gasteiger partial charge >= 0.3 is 5.97 Å². The van der Waals surface area contributed by atoms with Crippen molar-refractivity contribution in [2.45, 2.75) is 50.6 Å². The largest absolute Gasteiger partial charge is 0.480 e. The lowest BCUT2D eigenvalue weighted by molar-refractivity contribution is -0.145. The first kappa shape index (κ1) is 20.5. The molecule has 1 aromatic heterocycles. The molecule has 0 bridgehead atoms. The van der Waals surface area contributed by atoms with E-state index in [1.165, 1.54) is 26.4 Å². The molecule has 0 fully saturated rings. The number of aromatic nitrogens is 2. The Balaban J connectivity index is 2.73. The second-order valence-corrected chi connectivity index (χ2v) is 5.68. The fourth-order valence-electron chi connectivity index (χ4n) is 2.02. The van der Waals surface area contributed by atoms with E-state index in [9.17, 15) is 24.6 Å². The van der Waals surface area contributed by atoms with E-state index in [2.05, 4.69) is 20.6 Å². The van der Waals surface area contributed by atoms with Crippen molar-refractivity contribution in [1.29, 1.82) is 0 Å². The Labute approximate surface area is 143 Å². The predicted octanol–water partition coefficient (Wildman–Crippen LogP) is -2.90. The lowest BCUT2D eigenvalue weighted by atomic mass is 10.1. The number of hydrogen-bond acceptors (Lipinski definition) is 7. The van der Waals surface area contributed by atoms with Crippen LogP contribution in [0.25, 0.3) is 0 Å². The van der Waals surface area contributed by atoms with Crippen LogP contribution in [-0.4, -0.2) is 73.4 Å². The van der Waals surface area contributed by atoms with Gasteiger partial charge in [0.1, 0.15) is 6.04 Å². The molecule has 0 aliphatic heterocycles. The molecule has 8 N–H and O–H groups in total. The van der Waals surface area contributed by atoms with Crippen LogP contribution < -0.4 is 16.4 Å². The van der Waals surface area contributed by atoms with Crippen LogP contribution in [0.1, 0.15) is 19.5 Å². The molecule has 0 saturated carbocycles. The maximum absolute atomic E-state index is 12.2. The highest BCUT2D eigenvalue weighted by Crippen LogP contribution is 2.01. The van der Waals surface area contributed by atoms with Gasteiger partial charge in [0, 0.05) is 18.3 Å². The Kier molecular flexibility index (Phi) is 7.48. The van der Waals surface area contributed by atoms with Gasteiger partial charge in [-0.05, 0) is 13.8 Å². The Morgan fingerprint density at radius 3 is 2.16 bits per heavy atom. The Morgan fingerprint density at radius 2 is 1.72 bits per heavy atom. The van der Waals surface area contributed by atoms with E-state index in [0.717, 1.165) is 0 Å². The van der Waals surface area contributed by atoms with E-state index in [0.29, 0.717) is 5.69 Å². The number of carboxylic acid groups (broad SMARTS) is 1. The van der Waals surface area contributed by atoms with Gasteiger partial charge in [0.15, 0.2) is 6.04 Å². The minimum atomic E-state index is -1.58. The summed E-state index contributed by atoms with van der Waals surface area (Å²) < 4.78 is 0. The average molecular weight is 357 g/mol. The van der Waals surface area contributed by atoms with Crippen molar-refractivity contribution in [3.05, 3.63) is 18.2 Å². The molecule has 0 aliphatic carbocycles. The Morgan fingerprint density at radius 1 is 1.16 bits per heavy atom. The van der Waals surface area contributed by atoms with E-state index in [1.807, 2.05) is 0 Å². The zero-order chi connectivity index (χ0) is 19.1. The summed E-state index contributed by atoms with van der Waals surface area (Å²) in [5.41, 5.74) is 6.36. The first-order valence-electron chi connectivity index (χ1n) is 7.56. The van der Waals surface area contributed by atoms with Gasteiger partial charge in [0.05, 0.1) is 24.6 Å². The molecular formula is C14H23N5O6.